The van der Waals surface area contributed by atoms with Crippen LogP contribution in [0.4, 0.5) is 0 Å². The number of primary sulfonamides is 1. The molecule has 0 aliphatic heterocycles. The molecule has 0 aliphatic carbocycles. The van der Waals surface area contributed by atoms with Crippen molar-refractivity contribution in [3.05, 3.63) is 64.2 Å². The van der Waals surface area contributed by atoms with Crippen molar-refractivity contribution < 1.29 is 17.9 Å². The maximum atomic E-state index is 12.0. The van der Waals surface area contributed by atoms with E-state index in [4.69, 9.17) is 26.7 Å². The lowest BCUT2D eigenvalue weighted by Gasteiger charge is -2.08. The first-order valence-corrected chi connectivity index (χ1v) is 8.23. The lowest BCUT2D eigenvalue weighted by Crippen LogP contribution is -2.14. The second kappa shape index (κ2) is 6.79. The number of ether oxygens (including phenoxy) is 1. The van der Waals surface area contributed by atoms with E-state index < -0.39 is 16.0 Å². The summed E-state index contributed by atoms with van der Waals surface area (Å²) in [7, 11) is -4.05. The number of carbonyl (C=O) groups excluding carboxylic acids is 1. The van der Waals surface area contributed by atoms with Crippen LogP contribution in [0.1, 0.15) is 21.5 Å². The summed E-state index contributed by atoms with van der Waals surface area (Å²) in [5.74, 6) is -0.751. The molecule has 0 fully saturated rings. The Morgan fingerprint density at radius 3 is 2.61 bits per heavy atom. The molecule has 2 aromatic carbocycles. The van der Waals surface area contributed by atoms with Crippen LogP contribution in [0.25, 0.3) is 0 Å². The van der Waals surface area contributed by atoms with E-state index in [9.17, 15) is 13.2 Å². The minimum Gasteiger partial charge on any atom is -0.457 e. The number of nitrogens with zero attached hydrogens (tertiary/aromatic N) is 1. The van der Waals surface area contributed by atoms with Crippen molar-refractivity contribution in [3.8, 4) is 6.07 Å². The lowest BCUT2D eigenvalue weighted by molar-refractivity contribution is 0.0472. The van der Waals surface area contributed by atoms with E-state index in [1.54, 1.807) is 24.3 Å². The molecule has 0 aromatic heterocycles. The van der Waals surface area contributed by atoms with Gasteiger partial charge in [-0.05, 0) is 24.3 Å². The van der Waals surface area contributed by atoms with Crippen LogP contribution < -0.4 is 5.14 Å². The molecule has 23 heavy (non-hydrogen) atoms. The normalized spacial score (nSPS) is 10.8. The Kier molecular flexibility index (Phi) is 5.01. The number of nitriles is 1. The van der Waals surface area contributed by atoms with E-state index in [1.165, 1.54) is 12.1 Å². The number of rotatable bonds is 4. The van der Waals surface area contributed by atoms with Crippen LogP contribution in [0.15, 0.2) is 47.4 Å². The van der Waals surface area contributed by atoms with Crippen molar-refractivity contribution in [3.63, 3.8) is 0 Å². The van der Waals surface area contributed by atoms with E-state index in [2.05, 4.69) is 0 Å². The Bertz CT molecular complexity index is 904. The second-order valence-electron chi connectivity index (χ2n) is 4.54. The van der Waals surface area contributed by atoms with Gasteiger partial charge in [-0.1, -0.05) is 29.8 Å². The van der Waals surface area contributed by atoms with Gasteiger partial charge in [-0.25, -0.2) is 18.4 Å². The fourth-order valence-electron chi connectivity index (χ4n) is 1.83. The van der Waals surface area contributed by atoms with Crippen LogP contribution in [-0.2, 0) is 21.4 Å². The predicted molar refractivity (Wildman–Crippen MR) is 83.1 cm³/mol. The molecule has 2 aromatic rings. The van der Waals surface area contributed by atoms with Gasteiger partial charge >= 0.3 is 5.97 Å². The molecule has 0 heterocycles. The van der Waals surface area contributed by atoms with E-state index in [0.29, 0.717) is 11.1 Å². The maximum absolute atomic E-state index is 12.0. The van der Waals surface area contributed by atoms with E-state index in [-0.39, 0.29) is 22.1 Å². The predicted octanol–water partition coefficient (Wildman–Crippen LogP) is 2.22. The molecule has 0 spiro atoms. The number of sulfonamides is 1. The summed E-state index contributed by atoms with van der Waals surface area (Å²) in [4.78, 5) is 11.7. The summed E-state index contributed by atoms with van der Waals surface area (Å²) in [5.41, 5.74) is 0.929. The Morgan fingerprint density at radius 2 is 1.96 bits per heavy atom. The van der Waals surface area contributed by atoms with E-state index in [0.717, 1.165) is 6.07 Å². The van der Waals surface area contributed by atoms with Crippen LogP contribution in [0.2, 0.25) is 5.02 Å². The first-order chi connectivity index (χ1) is 10.8. The molecule has 0 radical (unpaired) electrons. The third-order valence-corrected chi connectivity index (χ3v) is 4.36. The fourth-order valence-corrected chi connectivity index (χ4v) is 2.90. The van der Waals surface area contributed by atoms with Gasteiger partial charge in [-0.15, -0.1) is 0 Å². The van der Waals surface area contributed by atoms with Crippen LogP contribution >= 0.6 is 11.6 Å². The third-order valence-electron chi connectivity index (χ3n) is 2.97. The van der Waals surface area contributed by atoms with Gasteiger partial charge in [0, 0.05) is 5.56 Å². The van der Waals surface area contributed by atoms with Gasteiger partial charge in [0.05, 0.1) is 22.2 Å². The van der Waals surface area contributed by atoms with Gasteiger partial charge in [0.2, 0.25) is 10.0 Å². The average Bonchev–Trinajstić information content (AvgIpc) is 2.52. The Labute approximate surface area is 138 Å². The number of carbonyl (C=O) groups is 1. The third kappa shape index (κ3) is 4.07. The van der Waals surface area contributed by atoms with Crippen LogP contribution in [-0.4, -0.2) is 14.4 Å². The van der Waals surface area contributed by atoms with E-state index in [1.807, 2.05) is 6.07 Å². The van der Waals surface area contributed by atoms with Crippen molar-refractivity contribution in [2.75, 3.05) is 0 Å². The molecule has 0 unspecified atom stereocenters. The van der Waals surface area contributed by atoms with Gasteiger partial charge in [0.1, 0.15) is 11.5 Å². The second-order valence-corrected chi connectivity index (χ2v) is 6.47. The molecule has 0 bridgehead atoms. The monoisotopic (exact) mass is 350 g/mol. The molecule has 118 valence electrons. The van der Waals surface area contributed by atoms with E-state index >= 15 is 0 Å². The van der Waals surface area contributed by atoms with Crippen molar-refractivity contribution >= 4 is 27.6 Å². The Morgan fingerprint density at radius 1 is 1.26 bits per heavy atom. The maximum Gasteiger partial charge on any atom is 0.338 e. The first kappa shape index (κ1) is 17.0. The summed E-state index contributed by atoms with van der Waals surface area (Å²) in [6.07, 6.45) is 0. The highest BCUT2D eigenvalue weighted by Crippen LogP contribution is 2.22. The molecule has 0 saturated heterocycles. The van der Waals surface area contributed by atoms with Crippen molar-refractivity contribution in [1.29, 1.82) is 5.26 Å². The van der Waals surface area contributed by atoms with Gasteiger partial charge < -0.3 is 4.74 Å². The molecular weight excluding hydrogens is 340 g/mol. The van der Waals surface area contributed by atoms with Gasteiger partial charge in [-0.3, -0.25) is 0 Å². The van der Waals surface area contributed by atoms with Crippen molar-refractivity contribution in [1.82, 2.24) is 0 Å². The van der Waals surface area contributed by atoms with Crippen LogP contribution in [0.5, 0.6) is 0 Å². The Balaban J connectivity index is 2.21. The first-order valence-electron chi connectivity index (χ1n) is 6.30. The van der Waals surface area contributed by atoms with Gasteiger partial charge in [0.25, 0.3) is 0 Å². The summed E-state index contributed by atoms with van der Waals surface area (Å²) >= 11 is 5.75. The zero-order valence-electron chi connectivity index (χ0n) is 11.7. The smallest absolute Gasteiger partial charge is 0.338 e. The zero-order chi connectivity index (χ0) is 17.0. The highest BCUT2D eigenvalue weighted by Gasteiger charge is 2.17. The number of esters is 1. The zero-order valence-corrected chi connectivity index (χ0v) is 13.3. The molecule has 2 N–H and O–H groups in total. The van der Waals surface area contributed by atoms with Crippen molar-refractivity contribution in [2.45, 2.75) is 11.5 Å². The van der Waals surface area contributed by atoms with Crippen LogP contribution in [0.3, 0.4) is 0 Å². The summed E-state index contributed by atoms with van der Waals surface area (Å²) in [6.45, 7) is -0.115. The van der Waals surface area contributed by atoms with Gasteiger partial charge in [-0.2, -0.15) is 5.26 Å². The Hall–Kier alpha value is -2.40. The lowest BCUT2D eigenvalue weighted by atomic mass is 10.1. The highest BCUT2D eigenvalue weighted by atomic mass is 35.5. The number of nitrogens with two attached hydrogens (primary N) is 1. The van der Waals surface area contributed by atoms with Crippen molar-refractivity contribution in [2.24, 2.45) is 5.14 Å². The average molecular weight is 351 g/mol. The molecule has 8 heteroatoms. The molecule has 6 nitrogen and oxygen atoms in total. The standard InChI is InChI=1S/C15H11ClN2O4S/c16-13-6-5-10(7-14(13)23(18,20)21)15(19)22-9-12-4-2-1-3-11(12)8-17/h1-7H,9H2,(H2,18,20,21). The molecule has 0 saturated carbocycles. The quantitative estimate of drug-likeness (QED) is 0.850. The minimum absolute atomic E-state index is 0.00661. The molecule has 0 amide bonds. The molecule has 2 rings (SSSR count). The summed E-state index contributed by atoms with van der Waals surface area (Å²) in [5, 5.41) is 13.9. The minimum atomic E-state index is -4.05. The number of benzene rings is 2. The molecular formula is C15H11ClN2O4S. The largest absolute Gasteiger partial charge is 0.457 e. The fraction of sp³-hybridized carbons (Fsp3) is 0.0667. The number of hydrogen-bond acceptors (Lipinski definition) is 5. The SMILES string of the molecule is N#Cc1ccccc1COC(=O)c1ccc(Cl)c(S(N)(=O)=O)c1. The number of hydrogen-bond donors (Lipinski definition) is 1. The summed E-state index contributed by atoms with van der Waals surface area (Å²) in [6, 6.07) is 12.3. The summed E-state index contributed by atoms with van der Waals surface area (Å²) < 4.78 is 27.9. The number of halogens is 1. The molecule has 0 aliphatic rings. The topological polar surface area (TPSA) is 110 Å². The van der Waals surface area contributed by atoms with Gasteiger partial charge in [0.15, 0.2) is 0 Å². The molecule has 0 atom stereocenters. The highest BCUT2D eigenvalue weighted by molar-refractivity contribution is 7.89. The van der Waals surface area contributed by atoms with Crippen LogP contribution in [0, 0.1) is 11.3 Å².